The minimum absolute atomic E-state index is 0.128. The zero-order valence-corrected chi connectivity index (χ0v) is 12.5. The number of aliphatic hydroxyl groups is 1. The van der Waals surface area contributed by atoms with E-state index in [-0.39, 0.29) is 10.6 Å². The molecular weight excluding hydrogens is 296 g/mol. The lowest BCUT2D eigenvalue weighted by Gasteiger charge is -2.34. The number of benzene rings is 1. The molecule has 1 aliphatic rings. The van der Waals surface area contributed by atoms with E-state index in [2.05, 4.69) is 0 Å². The molecule has 21 heavy (non-hydrogen) atoms. The first-order chi connectivity index (χ1) is 9.84. The van der Waals surface area contributed by atoms with Crippen molar-refractivity contribution in [1.29, 1.82) is 0 Å². The van der Waals surface area contributed by atoms with Crippen molar-refractivity contribution in [2.75, 3.05) is 7.05 Å². The van der Waals surface area contributed by atoms with Crippen LogP contribution in [0.15, 0.2) is 29.2 Å². The Hall–Kier alpha value is -1.51. The Bertz CT molecular complexity index is 631. The monoisotopic (exact) mass is 314 g/mol. The van der Waals surface area contributed by atoms with Crippen LogP contribution in [0, 0.1) is 10.1 Å². The van der Waals surface area contributed by atoms with E-state index in [0.717, 1.165) is 23.2 Å². The van der Waals surface area contributed by atoms with E-state index in [1.165, 1.54) is 25.2 Å². The summed E-state index contributed by atoms with van der Waals surface area (Å²) in [5.74, 6) is 0. The van der Waals surface area contributed by atoms with E-state index in [0.29, 0.717) is 12.8 Å². The summed E-state index contributed by atoms with van der Waals surface area (Å²) in [7, 11) is -2.45. The van der Waals surface area contributed by atoms with E-state index in [1.54, 1.807) is 0 Å². The van der Waals surface area contributed by atoms with E-state index in [1.807, 2.05) is 0 Å². The Labute approximate surface area is 123 Å². The molecule has 0 aliphatic heterocycles. The van der Waals surface area contributed by atoms with E-state index in [4.69, 9.17) is 0 Å². The Kier molecular flexibility index (Phi) is 4.60. The van der Waals surface area contributed by atoms with Gasteiger partial charge in [0.2, 0.25) is 10.0 Å². The molecule has 1 aliphatic carbocycles. The molecule has 2 unspecified atom stereocenters. The van der Waals surface area contributed by atoms with Crippen LogP contribution in [0.4, 0.5) is 5.69 Å². The highest BCUT2D eigenvalue weighted by Crippen LogP contribution is 2.28. The van der Waals surface area contributed by atoms with Gasteiger partial charge in [0.05, 0.1) is 22.0 Å². The zero-order valence-electron chi connectivity index (χ0n) is 11.7. The van der Waals surface area contributed by atoms with Crippen molar-refractivity contribution >= 4 is 15.7 Å². The molecule has 0 aromatic heterocycles. The molecule has 1 fully saturated rings. The van der Waals surface area contributed by atoms with Crippen molar-refractivity contribution in [1.82, 2.24) is 4.31 Å². The largest absolute Gasteiger partial charge is 0.391 e. The molecular formula is C13H18N2O5S. The number of nitro groups is 1. The summed E-state index contributed by atoms with van der Waals surface area (Å²) in [5.41, 5.74) is -0.270. The molecule has 1 aromatic carbocycles. The van der Waals surface area contributed by atoms with E-state index in [9.17, 15) is 23.6 Å². The summed E-state index contributed by atoms with van der Waals surface area (Å²) < 4.78 is 26.2. The predicted molar refractivity (Wildman–Crippen MR) is 76.3 cm³/mol. The molecule has 0 amide bonds. The lowest BCUT2D eigenvalue weighted by atomic mass is 9.93. The number of rotatable bonds is 4. The van der Waals surface area contributed by atoms with E-state index >= 15 is 0 Å². The number of hydrogen-bond donors (Lipinski definition) is 1. The highest BCUT2D eigenvalue weighted by molar-refractivity contribution is 7.89. The summed E-state index contributed by atoms with van der Waals surface area (Å²) in [6.07, 6.45) is 2.20. The van der Waals surface area contributed by atoms with Gasteiger partial charge in [0.15, 0.2) is 0 Å². The molecule has 0 heterocycles. The second kappa shape index (κ2) is 6.08. The summed E-state index contributed by atoms with van der Waals surface area (Å²) in [6, 6.07) is 4.47. The van der Waals surface area contributed by atoms with Gasteiger partial charge in [-0.25, -0.2) is 8.42 Å². The van der Waals surface area contributed by atoms with Gasteiger partial charge in [-0.3, -0.25) is 10.1 Å². The van der Waals surface area contributed by atoms with Gasteiger partial charge in [0.25, 0.3) is 5.69 Å². The van der Waals surface area contributed by atoms with Crippen molar-refractivity contribution in [3.05, 3.63) is 34.4 Å². The van der Waals surface area contributed by atoms with Crippen LogP contribution in [0.3, 0.4) is 0 Å². The summed E-state index contributed by atoms with van der Waals surface area (Å²) in [6.45, 7) is 0. The predicted octanol–water partition coefficient (Wildman–Crippen LogP) is 1.52. The van der Waals surface area contributed by atoms with Crippen LogP contribution in [0.2, 0.25) is 0 Å². The standard InChI is InChI=1S/C13H18N2O5S/c1-14(12-7-2-3-8-13(12)16)21(19,20)11-6-4-5-10(9-11)15(17)18/h4-6,9,12-13,16H,2-3,7-8H2,1H3. The topological polar surface area (TPSA) is 101 Å². The van der Waals surface area contributed by atoms with Crippen molar-refractivity contribution in [3.8, 4) is 0 Å². The zero-order chi connectivity index (χ0) is 15.6. The van der Waals surface area contributed by atoms with Crippen LogP contribution < -0.4 is 0 Å². The van der Waals surface area contributed by atoms with Crippen LogP contribution in [0.5, 0.6) is 0 Å². The smallest absolute Gasteiger partial charge is 0.270 e. The lowest BCUT2D eigenvalue weighted by molar-refractivity contribution is -0.385. The number of nitro benzene ring substituents is 1. The fraction of sp³-hybridized carbons (Fsp3) is 0.538. The maximum Gasteiger partial charge on any atom is 0.270 e. The third-order valence-electron chi connectivity index (χ3n) is 3.87. The highest BCUT2D eigenvalue weighted by atomic mass is 32.2. The Morgan fingerprint density at radius 1 is 1.33 bits per heavy atom. The van der Waals surface area contributed by atoms with Crippen LogP contribution in [0.25, 0.3) is 0 Å². The van der Waals surface area contributed by atoms with Gasteiger partial charge in [0, 0.05) is 19.2 Å². The minimum atomic E-state index is -3.86. The first kappa shape index (κ1) is 15.9. The number of nitrogens with zero attached hydrogens (tertiary/aromatic N) is 2. The molecule has 7 nitrogen and oxygen atoms in total. The molecule has 0 bridgehead atoms. The SMILES string of the molecule is CN(C1CCCCC1O)S(=O)(=O)c1cccc([N+](=O)[O-])c1. The molecule has 1 saturated carbocycles. The number of sulfonamides is 1. The van der Waals surface area contributed by atoms with Crippen molar-refractivity contribution in [3.63, 3.8) is 0 Å². The fourth-order valence-corrected chi connectivity index (χ4v) is 4.07. The number of aliphatic hydroxyl groups excluding tert-OH is 1. The van der Waals surface area contributed by atoms with Gasteiger partial charge in [-0.15, -0.1) is 0 Å². The minimum Gasteiger partial charge on any atom is -0.391 e. The Morgan fingerprint density at radius 2 is 2.00 bits per heavy atom. The highest BCUT2D eigenvalue weighted by Gasteiger charge is 2.34. The van der Waals surface area contributed by atoms with Gasteiger partial charge in [-0.2, -0.15) is 4.31 Å². The van der Waals surface area contributed by atoms with Crippen LogP contribution in [0.1, 0.15) is 25.7 Å². The molecule has 2 rings (SSSR count). The van der Waals surface area contributed by atoms with Gasteiger partial charge < -0.3 is 5.11 Å². The summed E-state index contributed by atoms with van der Waals surface area (Å²) in [5, 5.41) is 20.7. The normalized spacial score (nSPS) is 23.2. The first-order valence-electron chi connectivity index (χ1n) is 6.74. The fourth-order valence-electron chi connectivity index (χ4n) is 2.62. The molecule has 8 heteroatoms. The van der Waals surface area contributed by atoms with Crippen LogP contribution in [-0.4, -0.2) is 41.9 Å². The van der Waals surface area contributed by atoms with Crippen LogP contribution >= 0.6 is 0 Å². The van der Waals surface area contributed by atoms with Crippen molar-refractivity contribution in [2.45, 2.75) is 42.7 Å². The quantitative estimate of drug-likeness (QED) is 0.670. The molecule has 0 spiro atoms. The maximum atomic E-state index is 12.5. The van der Waals surface area contributed by atoms with Crippen molar-refractivity contribution in [2.24, 2.45) is 0 Å². The molecule has 1 N–H and O–H groups in total. The van der Waals surface area contributed by atoms with Gasteiger partial charge in [-0.1, -0.05) is 18.9 Å². The third kappa shape index (κ3) is 3.22. The molecule has 2 atom stereocenters. The van der Waals surface area contributed by atoms with Crippen LogP contribution in [-0.2, 0) is 10.0 Å². The van der Waals surface area contributed by atoms with Gasteiger partial charge >= 0.3 is 0 Å². The van der Waals surface area contributed by atoms with Gasteiger partial charge in [0.1, 0.15) is 0 Å². The van der Waals surface area contributed by atoms with E-state index < -0.39 is 27.1 Å². The lowest BCUT2D eigenvalue weighted by Crippen LogP contribution is -2.46. The molecule has 0 saturated heterocycles. The second-order valence-electron chi connectivity index (χ2n) is 5.19. The second-order valence-corrected chi connectivity index (χ2v) is 7.19. The molecule has 1 aromatic rings. The summed E-state index contributed by atoms with van der Waals surface area (Å²) in [4.78, 5) is 10.0. The summed E-state index contributed by atoms with van der Waals surface area (Å²) >= 11 is 0. The third-order valence-corrected chi connectivity index (χ3v) is 5.75. The van der Waals surface area contributed by atoms with Gasteiger partial charge in [-0.05, 0) is 18.9 Å². The Balaban J connectivity index is 2.32. The van der Waals surface area contributed by atoms with Crippen molar-refractivity contribution < 1.29 is 18.4 Å². The number of hydrogen-bond acceptors (Lipinski definition) is 5. The maximum absolute atomic E-state index is 12.5. The number of likely N-dealkylation sites (N-methyl/N-ethyl adjacent to an activating group) is 1. The molecule has 0 radical (unpaired) electrons. The number of non-ortho nitro benzene ring substituents is 1. The average Bonchev–Trinajstić information content (AvgIpc) is 2.47. The first-order valence-corrected chi connectivity index (χ1v) is 8.18. The Morgan fingerprint density at radius 3 is 2.62 bits per heavy atom. The average molecular weight is 314 g/mol. The molecule has 116 valence electrons.